The molecule has 4 rings (SSSR count). The van der Waals surface area contributed by atoms with Crippen LogP contribution in [0.1, 0.15) is 73.1 Å². The lowest BCUT2D eigenvalue weighted by Gasteiger charge is -2.44. The summed E-state index contributed by atoms with van der Waals surface area (Å²) in [5, 5.41) is 20.7. The molecule has 0 aromatic rings. The lowest BCUT2D eigenvalue weighted by atomic mass is 10.0. The number of carbonyl (C=O) groups is 1. The van der Waals surface area contributed by atoms with Crippen LogP contribution in [-0.4, -0.2) is 109 Å². The van der Waals surface area contributed by atoms with E-state index in [1.807, 2.05) is 27.7 Å². The largest absolute Gasteiger partial charge is 0.457 e. The molecule has 4 heterocycles. The number of esters is 1. The summed E-state index contributed by atoms with van der Waals surface area (Å²) in [7, 11) is 1.57. The number of methoxy groups -OCH3 is 1. The summed E-state index contributed by atoms with van der Waals surface area (Å²) in [4.78, 5) is 11.7. The second kappa shape index (κ2) is 13.8. The summed E-state index contributed by atoms with van der Waals surface area (Å²) < 4.78 is 53.1. The summed E-state index contributed by atoms with van der Waals surface area (Å²) in [5.74, 6) is -0.400. The number of aliphatic hydroxyl groups excluding tert-OH is 2. The van der Waals surface area contributed by atoms with Crippen LogP contribution in [0.25, 0.3) is 0 Å². The summed E-state index contributed by atoms with van der Waals surface area (Å²) in [6.07, 6.45) is -3.53. The third-order valence-corrected chi connectivity index (χ3v) is 7.97. The fourth-order valence-electron chi connectivity index (χ4n) is 5.77. The third-order valence-electron chi connectivity index (χ3n) is 7.97. The van der Waals surface area contributed by atoms with Crippen molar-refractivity contribution in [3.63, 3.8) is 0 Å². The zero-order valence-corrected chi connectivity index (χ0v) is 23.8. The monoisotopic (exact) mass is 562 g/mol. The average Bonchev–Trinajstić information content (AvgIpc) is 2.87. The maximum absolute atomic E-state index is 11.7. The summed E-state index contributed by atoms with van der Waals surface area (Å²) in [6.45, 7) is 8.76. The number of hydrogen-bond donors (Lipinski definition) is 2. The molecule has 226 valence electrons. The van der Waals surface area contributed by atoms with E-state index < -0.39 is 67.8 Å². The van der Waals surface area contributed by atoms with Crippen LogP contribution in [-0.2, 0) is 47.4 Å². The van der Waals surface area contributed by atoms with E-state index in [0.717, 1.165) is 0 Å². The molecule has 0 aliphatic carbocycles. The van der Waals surface area contributed by atoms with Crippen molar-refractivity contribution in [3.05, 3.63) is 0 Å². The first-order valence-electron chi connectivity index (χ1n) is 14.2. The summed E-state index contributed by atoms with van der Waals surface area (Å²) in [6, 6.07) is 0. The van der Waals surface area contributed by atoms with Gasteiger partial charge in [-0.25, -0.2) is 0 Å². The Morgan fingerprint density at radius 1 is 0.641 bits per heavy atom. The van der Waals surface area contributed by atoms with Crippen molar-refractivity contribution < 1.29 is 57.6 Å². The number of carbonyl (C=O) groups excluding carboxylic acids is 1. The van der Waals surface area contributed by atoms with Crippen molar-refractivity contribution in [2.75, 3.05) is 7.11 Å². The lowest BCUT2D eigenvalue weighted by molar-refractivity contribution is -0.327. The molecule has 0 aromatic carbocycles. The van der Waals surface area contributed by atoms with Gasteiger partial charge in [0.2, 0.25) is 0 Å². The van der Waals surface area contributed by atoms with Crippen LogP contribution in [0.4, 0.5) is 0 Å². The van der Waals surface area contributed by atoms with Gasteiger partial charge in [-0.3, -0.25) is 4.79 Å². The Hall–Kier alpha value is -0.930. The van der Waals surface area contributed by atoms with Crippen molar-refractivity contribution in [1.82, 2.24) is 0 Å². The van der Waals surface area contributed by atoms with E-state index in [1.165, 1.54) is 6.92 Å². The predicted octanol–water partition coefficient (Wildman–Crippen LogP) is 1.76. The Labute approximate surface area is 230 Å². The molecule has 4 saturated heterocycles. The highest BCUT2D eigenvalue weighted by Crippen LogP contribution is 2.33. The topological polar surface area (TPSA) is 141 Å². The van der Waals surface area contributed by atoms with E-state index >= 15 is 0 Å². The number of rotatable bonds is 8. The highest BCUT2D eigenvalue weighted by atomic mass is 16.7. The highest BCUT2D eigenvalue weighted by Gasteiger charge is 2.44. The van der Waals surface area contributed by atoms with Gasteiger partial charge in [0, 0.05) is 39.7 Å². The number of aliphatic hydroxyl groups is 2. The van der Waals surface area contributed by atoms with Gasteiger partial charge in [0.05, 0.1) is 42.7 Å². The van der Waals surface area contributed by atoms with Crippen molar-refractivity contribution in [3.8, 4) is 0 Å². The van der Waals surface area contributed by atoms with Crippen LogP contribution in [0.3, 0.4) is 0 Å². The molecule has 12 heteroatoms. The van der Waals surface area contributed by atoms with Gasteiger partial charge in [-0.2, -0.15) is 0 Å². The van der Waals surface area contributed by atoms with E-state index in [-0.39, 0.29) is 30.8 Å². The Morgan fingerprint density at radius 2 is 1.23 bits per heavy atom. The van der Waals surface area contributed by atoms with E-state index in [1.54, 1.807) is 7.11 Å². The van der Waals surface area contributed by atoms with E-state index in [2.05, 4.69) is 0 Å². The molecule has 0 radical (unpaired) electrons. The van der Waals surface area contributed by atoms with Crippen molar-refractivity contribution in [2.24, 2.45) is 0 Å². The fourth-order valence-corrected chi connectivity index (χ4v) is 5.77. The molecule has 0 spiro atoms. The molecule has 0 bridgehead atoms. The maximum atomic E-state index is 11.7. The zero-order chi connectivity index (χ0) is 28.3. The second-order valence-electron chi connectivity index (χ2n) is 11.1. The first kappa shape index (κ1) is 31.0. The molecule has 2 N–H and O–H groups in total. The SMILES string of the molecule is COC1CC(OC2CCC(OC3CC(O)C(OC4CCC(O)C(C)O4)C(C)O3)C(C)O2)C(OC(C)=O)C(C)O1. The first-order valence-corrected chi connectivity index (χ1v) is 14.2. The molecule has 14 atom stereocenters. The molecule has 39 heavy (non-hydrogen) atoms. The molecule has 0 saturated carbocycles. The van der Waals surface area contributed by atoms with Gasteiger partial charge in [-0.05, 0) is 40.5 Å². The molecule has 4 aliphatic heterocycles. The molecular formula is C27H46O12. The van der Waals surface area contributed by atoms with Gasteiger partial charge in [0.25, 0.3) is 0 Å². The normalized spacial score (nSPS) is 47.5. The quantitative estimate of drug-likeness (QED) is 0.417. The van der Waals surface area contributed by atoms with Crippen LogP contribution >= 0.6 is 0 Å². The van der Waals surface area contributed by atoms with Crippen LogP contribution in [0, 0.1) is 0 Å². The lowest BCUT2D eigenvalue weighted by Crippen LogP contribution is -2.54. The van der Waals surface area contributed by atoms with Gasteiger partial charge in [-0.1, -0.05) is 0 Å². The molecule has 14 unspecified atom stereocenters. The van der Waals surface area contributed by atoms with Crippen molar-refractivity contribution in [2.45, 2.75) is 159 Å². The zero-order valence-electron chi connectivity index (χ0n) is 23.8. The second-order valence-corrected chi connectivity index (χ2v) is 11.1. The summed E-state index contributed by atoms with van der Waals surface area (Å²) >= 11 is 0. The fraction of sp³-hybridized carbons (Fsp3) is 0.963. The Morgan fingerprint density at radius 3 is 1.87 bits per heavy atom. The van der Waals surface area contributed by atoms with E-state index in [0.29, 0.717) is 32.1 Å². The van der Waals surface area contributed by atoms with Gasteiger partial charge in [0.15, 0.2) is 31.3 Å². The van der Waals surface area contributed by atoms with Crippen LogP contribution in [0.15, 0.2) is 0 Å². The molecule has 4 fully saturated rings. The smallest absolute Gasteiger partial charge is 0.303 e. The van der Waals surface area contributed by atoms with Gasteiger partial charge < -0.3 is 52.8 Å². The number of ether oxygens (including phenoxy) is 9. The minimum absolute atomic E-state index is 0.250. The third kappa shape index (κ3) is 8.09. The van der Waals surface area contributed by atoms with Gasteiger partial charge >= 0.3 is 5.97 Å². The maximum Gasteiger partial charge on any atom is 0.303 e. The van der Waals surface area contributed by atoms with Gasteiger partial charge in [0.1, 0.15) is 12.2 Å². The van der Waals surface area contributed by atoms with Crippen LogP contribution in [0.2, 0.25) is 0 Å². The van der Waals surface area contributed by atoms with Crippen LogP contribution < -0.4 is 0 Å². The molecule has 0 aromatic heterocycles. The Balaban J connectivity index is 1.25. The van der Waals surface area contributed by atoms with Gasteiger partial charge in [-0.15, -0.1) is 0 Å². The predicted molar refractivity (Wildman–Crippen MR) is 134 cm³/mol. The van der Waals surface area contributed by atoms with Crippen molar-refractivity contribution >= 4 is 5.97 Å². The summed E-state index contributed by atoms with van der Waals surface area (Å²) in [5.41, 5.74) is 0. The minimum Gasteiger partial charge on any atom is -0.457 e. The Kier molecular flexibility index (Phi) is 11.0. The number of hydrogen-bond acceptors (Lipinski definition) is 12. The Bertz CT molecular complexity index is 772. The molecular weight excluding hydrogens is 516 g/mol. The average molecular weight is 563 g/mol. The molecule has 0 amide bonds. The van der Waals surface area contributed by atoms with E-state index in [4.69, 9.17) is 42.6 Å². The minimum atomic E-state index is -0.789. The van der Waals surface area contributed by atoms with E-state index in [9.17, 15) is 15.0 Å². The standard InChI is InChI=1S/C27H46O12/c1-13-18(29)7-9-23(32-13)39-26-15(3)35-25(11-19(26)30)37-20-8-10-22(33-14(20)2)38-21-12-24(31-6)34-16(4)27(21)36-17(5)28/h13-16,18-27,29-30H,7-12H2,1-6H3. The molecule has 12 nitrogen and oxygen atoms in total. The first-order chi connectivity index (χ1) is 18.5. The van der Waals surface area contributed by atoms with Crippen LogP contribution in [0.5, 0.6) is 0 Å². The van der Waals surface area contributed by atoms with Crippen molar-refractivity contribution in [1.29, 1.82) is 0 Å². The molecule has 4 aliphatic rings. The highest BCUT2D eigenvalue weighted by molar-refractivity contribution is 5.66.